The van der Waals surface area contributed by atoms with Crippen molar-refractivity contribution in [1.82, 2.24) is 15.1 Å². The lowest BCUT2D eigenvalue weighted by molar-refractivity contribution is 0.227. The monoisotopic (exact) mass is 285 g/mol. The molecule has 1 unspecified atom stereocenters. The predicted octanol–water partition coefficient (Wildman–Crippen LogP) is 4.35. The minimum Gasteiger partial charge on any atom is -0.308 e. The topological polar surface area (TPSA) is 29.9 Å². The van der Waals surface area contributed by atoms with Gasteiger partial charge in [0.1, 0.15) is 0 Å². The van der Waals surface area contributed by atoms with Crippen molar-refractivity contribution in [2.45, 2.75) is 46.6 Å². The van der Waals surface area contributed by atoms with Gasteiger partial charge >= 0.3 is 0 Å². The number of rotatable bonds is 7. The zero-order chi connectivity index (χ0) is 15.3. The van der Waals surface area contributed by atoms with E-state index in [1.165, 1.54) is 5.69 Å². The van der Waals surface area contributed by atoms with Gasteiger partial charge in [0.05, 0.1) is 17.4 Å². The molecule has 114 valence electrons. The molecule has 3 heteroatoms. The zero-order valence-corrected chi connectivity index (χ0v) is 13.6. The van der Waals surface area contributed by atoms with Gasteiger partial charge in [0.25, 0.3) is 0 Å². The van der Waals surface area contributed by atoms with Crippen LogP contribution in [0, 0.1) is 5.41 Å². The summed E-state index contributed by atoms with van der Waals surface area (Å²) in [6, 6.07) is 12.8. The number of nitrogens with zero attached hydrogens (tertiary/aromatic N) is 2. The van der Waals surface area contributed by atoms with Crippen LogP contribution in [0.15, 0.2) is 42.6 Å². The fourth-order valence-corrected chi connectivity index (χ4v) is 2.59. The highest BCUT2D eigenvalue weighted by Crippen LogP contribution is 2.36. The van der Waals surface area contributed by atoms with Gasteiger partial charge in [-0.25, -0.2) is 4.68 Å². The highest BCUT2D eigenvalue weighted by molar-refractivity contribution is 5.33. The van der Waals surface area contributed by atoms with Crippen molar-refractivity contribution in [2.24, 2.45) is 5.41 Å². The molecule has 0 aliphatic heterocycles. The standard InChI is InChI=1S/C18H27N3/c1-5-13-19-17(18(3,4)6-2)16-12-14-20-21(16)15-10-8-7-9-11-15/h7-12,14,17,19H,5-6,13H2,1-4H3. The maximum Gasteiger partial charge on any atom is 0.0649 e. The van der Waals surface area contributed by atoms with Crippen molar-refractivity contribution in [3.63, 3.8) is 0 Å². The second-order valence-electron chi connectivity index (χ2n) is 6.23. The predicted molar refractivity (Wildman–Crippen MR) is 88.7 cm³/mol. The molecule has 0 spiro atoms. The molecule has 1 N–H and O–H groups in total. The third-order valence-corrected chi connectivity index (χ3v) is 4.26. The summed E-state index contributed by atoms with van der Waals surface area (Å²) < 4.78 is 2.06. The average molecular weight is 285 g/mol. The van der Waals surface area contributed by atoms with E-state index in [0.717, 1.165) is 25.1 Å². The van der Waals surface area contributed by atoms with E-state index < -0.39 is 0 Å². The van der Waals surface area contributed by atoms with Gasteiger partial charge < -0.3 is 5.32 Å². The molecule has 0 saturated carbocycles. The Labute approximate surface area is 128 Å². The lowest BCUT2D eigenvalue weighted by Gasteiger charge is -2.34. The van der Waals surface area contributed by atoms with Crippen LogP contribution >= 0.6 is 0 Å². The van der Waals surface area contributed by atoms with E-state index in [1.54, 1.807) is 0 Å². The van der Waals surface area contributed by atoms with Crippen LogP contribution in [-0.2, 0) is 0 Å². The molecule has 1 aromatic heterocycles. The van der Waals surface area contributed by atoms with Gasteiger partial charge in [-0.15, -0.1) is 0 Å². The first-order chi connectivity index (χ1) is 10.1. The summed E-state index contributed by atoms with van der Waals surface area (Å²) in [6.07, 6.45) is 4.15. The van der Waals surface area contributed by atoms with Crippen LogP contribution in [-0.4, -0.2) is 16.3 Å². The van der Waals surface area contributed by atoms with Crippen molar-refractivity contribution in [2.75, 3.05) is 6.54 Å². The molecular formula is C18H27N3. The van der Waals surface area contributed by atoms with Gasteiger partial charge in [0.15, 0.2) is 0 Å². The molecule has 2 aromatic rings. The molecule has 0 fully saturated rings. The van der Waals surface area contributed by atoms with Gasteiger partial charge in [0.2, 0.25) is 0 Å². The molecular weight excluding hydrogens is 258 g/mol. The second-order valence-corrected chi connectivity index (χ2v) is 6.23. The lowest BCUT2D eigenvalue weighted by Crippen LogP contribution is -2.35. The first-order valence-corrected chi connectivity index (χ1v) is 7.93. The lowest BCUT2D eigenvalue weighted by atomic mass is 9.80. The Morgan fingerprint density at radius 1 is 1.14 bits per heavy atom. The van der Waals surface area contributed by atoms with E-state index in [2.05, 4.69) is 73.1 Å². The van der Waals surface area contributed by atoms with Crippen molar-refractivity contribution < 1.29 is 0 Å². The number of hydrogen-bond acceptors (Lipinski definition) is 2. The smallest absolute Gasteiger partial charge is 0.0649 e. The molecule has 2 rings (SSSR count). The SMILES string of the molecule is CCCNC(c1ccnn1-c1ccccc1)C(C)(C)CC. The molecule has 0 amide bonds. The first kappa shape index (κ1) is 15.8. The quantitative estimate of drug-likeness (QED) is 0.819. The van der Waals surface area contributed by atoms with Crippen LogP contribution in [0.1, 0.15) is 52.3 Å². The van der Waals surface area contributed by atoms with Crippen molar-refractivity contribution in [3.8, 4) is 5.69 Å². The average Bonchev–Trinajstić information content (AvgIpc) is 2.97. The molecule has 0 saturated heterocycles. The number of benzene rings is 1. The maximum atomic E-state index is 4.54. The largest absolute Gasteiger partial charge is 0.308 e. The normalized spacial score (nSPS) is 13.3. The van der Waals surface area contributed by atoms with Gasteiger partial charge in [-0.1, -0.05) is 45.9 Å². The summed E-state index contributed by atoms with van der Waals surface area (Å²) in [5.74, 6) is 0. The Bertz CT molecular complexity index is 543. The van der Waals surface area contributed by atoms with Gasteiger partial charge in [0, 0.05) is 6.20 Å². The highest BCUT2D eigenvalue weighted by Gasteiger charge is 2.31. The van der Waals surface area contributed by atoms with Crippen molar-refractivity contribution >= 4 is 0 Å². The molecule has 1 atom stereocenters. The Morgan fingerprint density at radius 2 is 1.86 bits per heavy atom. The minimum absolute atomic E-state index is 0.182. The summed E-state index contributed by atoms with van der Waals surface area (Å²) in [5.41, 5.74) is 2.54. The van der Waals surface area contributed by atoms with E-state index >= 15 is 0 Å². The van der Waals surface area contributed by atoms with Gasteiger partial charge in [-0.3, -0.25) is 0 Å². The summed E-state index contributed by atoms with van der Waals surface area (Å²) in [6.45, 7) is 10.1. The fraction of sp³-hybridized carbons (Fsp3) is 0.500. The summed E-state index contributed by atoms with van der Waals surface area (Å²) in [5, 5.41) is 8.25. The molecule has 0 radical (unpaired) electrons. The van der Waals surface area contributed by atoms with Crippen LogP contribution in [0.2, 0.25) is 0 Å². The van der Waals surface area contributed by atoms with Crippen LogP contribution in [0.25, 0.3) is 5.69 Å². The van der Waals surface area contributed by atoms with E-state index in [4.69, 9.17) is 0 Å². The molecule has 0 aliphatic carbocycles. The van der Waals surface area contributed by atoms with Crippen LogP contribution in [0.3, 0.4) is 0 Å². The van der Waals surface area contributed by atoms with E-state index in [-0.39, 0.29) is 5.41 Å². The van der Waals surface area contributed by atoms with Gasteiger partial charge in [-0.2, -0.15) is 5.10 Å². The number of nitrogens with one attached hydrogen (secondary N) is 1. The number of aromatic nitrogens is 2. The summed E-state index contributed by atoms with van der Waals surface area (Å²) in [4.78, 5) is 0. The number of hydrogen-bond donors (Lipinski definition) is 1. The third-order valence-electron chi connectivity index (χ3n) is 4.26. The molecule has 0 aliphatic rings. The van der Waals surface area contributed by atoms with Gasteiger partial charge in [-0.05, 0) is 43.0 Å². The second kappa shape index (κ2) is 6.90. The van der Waals surface area contributed by atoms with E-state index in [0.29, 0.717) is 6.04 Å². The molecule has 1 heterocycles. The van der Waals surface area contributed by atoms with E-state index in [1.807, 2.05) is 12.3 Å². The van der Waals surface area contributed by atoms with Crippen molar-refractivity contribution in [3.05, 3.63) is 48.3 Å². The molecule has 3 nitrogen and oxygen atoms in total. The number of para-hydroxylation sites is 1. The minimum atomic E-state index is 0.182. The Hall–Kier alpha value is -1.61. The summed E-state index contributed by atoms with van der Waals surface area (Å²) >= 11 is 0. The third kappa shape index (κ3) is 3.53. The Morgan fingerprint density at radius 3 is 2.48 bits per heavy atom. The molecule has 0 bridgehead atoms. The van der Waals surface area contributed by atoms with Crippen LogP contribution in [0.5, 0.6) is 0 Å². The van der Waals surface area contributed by atoms with Crippen molar-refractivity contribution in [1.29, 1.82) is 0 Å². The fourth-order valence-electron chi connectivity index (χ4n) is 2.59. The van der Waals surface area contributed by atoms with E-state index in [9.17, 15) is 0 Å². The molecule has 21 heavy (non-hydrogen) atoms. The summed E-state index contributed by atoms with van der Waals surface area (Å²) in [7, 11) is 0. The zero-order valence-electron chi connectivity index (χ0n) is 13.6. The maximum absolute atomic E-state index is 4.54. The first-order valence-electron chi connectivity index (χ1n) is 7.93. The van der Waals surface area contributed by atoms with Crippen LogP contribution in [0.4, 0.5) is 0 Å². The Kier molecular flexibility index (Phi) is 5.18. The van der Waals surface area contributed by atoms with Crippen LogP contribution < -0.4 is 5.32 Å². The highest BCUT2D eigenvalue weighted by atomic mass is 15.3. The molecule has 1 aromatic carbocycles. The Balaban J connectivity index is 2.40.